The van der Waals surface area contributed by atoms with E-state index in [0.29, 0.717) is 0 Å². The number of ketones is 1. The molecule has 0 bridgehead atoms. The number of allylic oxidation sites excluding steroid dienone is 1. The summed E-state index contributed by atoms with van der Waals surface area (Å²) in [4.78, 5) is 33.5. The first-order valence-corrected chi connectivity index (χ1v) is 3.57. The van der Waals surface area contributed by atoms with E-state index in [1.165, 1.54) is 25.3 Å². The van der Waals surface area contributed by atoms with Gasteiger partial charge in [-0.2, -0.15) is 0 Å². The van der Waals surface area contributed by atoms with Gasteiger partial charge in [-0.05, 0) is 0 Å². The summed E-state index contributed by atoms with van der Waals surface area (Å²) in [7, 11) is 2.95. The van der Waals surface area contributed by atoms with Gasteiger partial charge in [0.25, 0.3) is 5.91 Å². The molecule has 0 aliphatic rings. The predicted molar refractivity (Wildman–Crippen MR) is 46.5 cm³/mol. The Balaban J connectivity index is 4.83. The molecule has 0 aromatic rings. The average Bonchev–Trinajstić information content (AvgIpc) is 2.11. The summed E-state index contributed by atoms with van der Waals surface area (Å²) in [6.45, 7) is -0.299. The number of rotatable bonds is 4. The lowest BCUT2D eigenvalue weighted by Crippen LogP contribution is -2.30. The lowest BCUT2D eigenvalue weighted by Gasteiger charge is -2.10. The molecule has 0 saturated heterocycles. The molecule has 0 saturated carbocycles. The van der Waals surface area contributed by atoms with Crippen molar-refractivity contribution in [2.75, 3.05) is 20.6 Å². The van der Waals surface area contributed by atoms with Crippen LogP contribution >= 0.6 is 0 Å². The average molecular weight is 183 g/mol. The SMILES string of the molecule is CN(C)C(=O)C(=C[C]=O)C(=O)CN. The van der Waals surface area contributed by atoms with Crippen LogP contribution in [0.5, 0.6) is 0 Å². The number of Topliss-reactive ketones (excluding diaryl/α,β-unsaturated/α-hetero) is 1. The quantitative estimate of drug-likeness (QED) is 0.331. The van der Waals surface area contributed by atoms with Crippen molar-refractivity contribution in [3.63, 3.8) is 0 Å². The second-order valence-electron chi connectivity index (χ2n) is 2.50. The summed E-state index contributed by atoms with van der Waals surface area (Å²) in [5.74, 6) is -1.11. The van der Waals surface area contributed by atoms with Crippen LogP contribution in [-0.4, -0.2) is 43.5 Å². The second-order valence-corrected chi connectivity index (χ2v) is 2.50. The van der Waals surface area contributed by atoms with Crippen LogP contribution in [0.25, 0.3) is 0 Å². The minimum Gasteiger partial charge on any atom is -0.345 e. The molecule has 0 aliphatic heterocycles. The van der Waals surface area contributed by atoms with E-state index in [9.17, 15) is 14.4 Å². The highest BCUT2D eigenvalue weighted by atomic mass is 16.2. The van der Waals surface area contributed by atoms with E-state index in [1.807, 2.05) is 0 Å². The molecule has 1 amide bonds. The highest BCUT2D eigenvalue weighted by Crippen LogP contribution is 1.98. The van der Waals surface area contributed by atoms with Crippen molar-refractivity contribution in [1.29, 1.82) is 0 Å². The van der Waals surface area contributed by atoms with E-state index in [0.717, 1.165) is 6.08 Å². The molecular formula is C8H11N2O3. The van der Waals surface area contributed by atoms with E-state index in [-0.39, 0.29) is 12.1 Å². The van der Waals surface area contributed by atoms with E-state index >= 15 is 0 Å². The molecule has 13 heavy (non-hydrogen) atoms. The fourth-order valence-corrected chi connectivity index (χ4v) is 0.671. The molecule has 0 aliphatic carbocycles. The smallest absolute Gasteiger partial charge is 0.257 e. The summed E-state index contributed by atoms with van der Waals surface area (Å²) in [6.07, 6.45) is 2.19. The maximum absolute atomic E-state index is 11.2. The number of hydrogen-bond acceptors (Lipinski definition) is 4. The number of hydrogen-bond donors (Lipinski definition) is 1. The van der Waals surface area contributed by atoms with Crippen LogP contribution in [0.3, 0.4) is 0 Å². The van der Waals surface area contributed by atoms with E-state index < -0.39 is 11.7 Å². The second kappa shape index (κ2) is 5.21. The Morgan fingerprint density at radius 2 is 2.00 bits per heavy atom. The fourth-order valence-electron chi connectivity index (χ4n) is 0.671. The molecule has 2 N–H and O–H groups in total. The molecule has 1 radical (unpaired) electrons. The Morgan fingerprint density at radius 3 is 2.31 bits per heavy atom. The van der Waals surface area contributed by atoms with Crippen LogP contribution < -0.4 is 5.73 Å². The lowest BCUT2D eigenvalue weighted by molar-refractivity contribution is -0.127. The first-order valence-electron chi connectivity index (χ1n) is 3.57. The van der Waals surface area contributed by atoms with E-state index in [2.05, 4.69) is 0 Å². The van der Waals surface area contributed by atoms with Crippen molar-refractivity contribution < 1.29 is 14.4 Å². The van der Waals surface area contributed by atoms with E-state index in [1.54, 1.807) is 0 Å². The van der Waals surface area contributed by atoms with Gasteiger partial charge in [-0.1, -0.05) is 0 Å². The normalized spacial score (nSPS) is 10.8. The molecule has 0 rings (SSSR count). The number of likely N-dealkylation sites (N-methyl/N-ethyl adjacent to an activating group) is 1. The summed E-state index contributed by atoms with van der Waals surface area (Å²) < 4.78 is 0. The molecular weight excluding hydrogens is 172 g/mol. The van der Waals surface area contributed by atoms with Crippen molar-refractivity contribution in [1.82, 2.24) is 4.90 Å². The molecule has 0 atom stereocenters. The highest BCUT2D eigenvalue weighted by Gasteiger charge is 2.17. The van der Waals surface area contributed by atoms with Crippen LogP contribution in [0.15, 0.2) is 11.6 Å². The van der Waals surface area contributed by atoms with Crippen molar-refractivity contribution >= 4 is 18.0 Å². The molecule has 71 valence electrons. The van der Waals surface area contributed by atoms with Crippen molar-refractivity contribution in [2.45, 2.75) is 0 Å². The molecule has 0 spiro atoms. The first kappa shape index (κ1) is 11.5. The topological polar surface area (TPSA) is 80.5 Å². The summed E-state index contributed by atoms with van der Waals surface area (Å²) >= 11 is 0. The number of amides is 1. The molecule has 0 fully saturated rings. The molecule has 0 aromatic heterocycles. The van der Waals surface area contributed by atoms with Gasteiger partial charge in [0.1, 0.15) is 0 Å². The van der Waals surface area contributed by atoms with Gasteiger partial charge in [-0.15, -0.1) is 0 Å². The van der Waals surface area contributed by atoms with Gasteiger partial charge < -0.3 is 10.6 Å². The highest BCUT2D eigenvalue weighted by molar-refractivity contribution is 6.21. The monoisotopic (exact) mass is 183 g/mol. The standard InChI is InChI=1S/C8H11N2O3/c1-10(2)8(13)6(3-4-11)7(12)5-9/h3H,5,9H2,1-2H3. The van der Waals surface area contributed by atoms with Crippen LogP contribution in [-0.2, 0) is 14.4 Å². The van der Waals surface area contributed by atoms with Crippen molar-refractivity contribution in [3.05, 3.63) is 11.6 Å². The Bertz CT molecular complexity index is 256. The Labute approximate surface area is 76.2 Å². The number of nitrogens with zero attached hydrogens (tertiary/aromatic N) is 1. The van der Waals surface area contributed by atoms with E-state index in [4.69, 9.17) is 5.73 Å². The largest absolute Gasteiger partial charge is 0.345 e. The zero-order valence-electron chi connectivity index (χ0n) is 7.53. The van der Waals surface area contributed by atoms with Gasteiger partial charge in [0.05, 0.1) is 12.1 Å². The van der Waals surface area contributed by atoms with Crippen molar-refractivity contribution in [2.24, 2.45) is 5.73 Å². The molecule has 0 unspecified atom stereocenters. The number of carbonyl (C=O) groups is 2. The third-order valence-electron chi connectivity index (χ3n) is 1.33. The lowest BCUT2D eigenvalue weighted by atomic mass is 10.1. The van der Waals surface area contributed by atoms with Crippen LogP contribution in [0.1, 0.15) is 0 Å². The van der Waals surface area contributed by atoms with Crippen LogP contribution in [0.2, 0.25) is 0 Å². The molecule has 0 aromatic carbocycles. The van der Waals surface area contributed by atoms with Gasteiger partial charge in [-0.25, -0.2) is 0 Å². The van der Waals surface area contributed by atoms with Gasteiger partial charge in [-0.3, -0.25) is 14.4 Å². The minimum absolute atomic E-state index is 0.234. The summed E-state index contributed by atoms with van der Waals surface area (Å²) in [5, 5.41) is 0. The van der Waals surface area contributed by atoms with Crippen LogP contribution in [0, 0.1) is 0 Å². The molecule has 0 heterocycles. The zero-order valence-corrected chi connectivity index (χ0v) is 7.53. The van der Waals surface area contributed by atoms with Crippen molar-refractivity contribution in [3.8, 4) is 0 Å². The first-order chi connectivity index (χ1) is 6.04. The molecule has 5 heteroatoms. The Kier molecular flexibility index (Phi) is 4.61. The minimum atomic E-state index is -0.568. The predicted octanol–water partition coefficient (Wildman–Crippen LogP) is -1.36. The third-order valence-corrected chi connectivity index (χ3v) is 1.33. The van der Waals surface area contributed by atoms with Gasteiger partial charge >= 0.3 is 0 Å². The number of nitrogens with two attached hydrogens (primary N) is 1. The van der Waals surface area contributed by atoms with Gasteiger partial charge in [0.2, 0.25) is 6.29 Å². The Morgan fingerprint density at radius 1 is 1.46 bits per heavy atom. The fraction of sp³-hybridized carbons (Fsp3) is 0.375. The third kappa shape index (κ3) is 3.16. The van der Waals surface area contributed by atoms with Crippen LogP contribution in [0.4, 0.5) is 0 Å². The summed E-state index contributed by atoms with van der Waals surface area (Å²) in [6, 6.07) is 0. The summed E-state index contributed by atoms with van der Waals surface area (Å²) in [5.41, 5.74) is 4.82. The maximum atomic E-state index is 11.2. The Hall–Kier alpha value is -1.49. The maximum Gasteiger partial charge on any atom is 0.257 e. The molecule has 5 nitrogen and oxygen atoms in total. The van der Waals surface area contributed by atoms with Gasteiger partial charge in [0, 0.05) is 20.2 Å². The number of carbonyl (C=O) groups excluding carboxylic acids is 3. The van der Waals surface area contributed by atoms with Gasteiger partial charge in [0.15, 0.2) is 5.78 Å². The zero-order chi connectivity index (χ0) is 10.4.